The maximum atomic E-state index is 13.0. The highest BCUT2D eigenvalue weighted by Crippen LogP contribution is 2.06. The van der Waals surface area contributed by atoms with Crippen molar-refractivity contribution in [2.24, 2.45) is 0 Å². The van der Waals surface area contributed by atoms with E-state index in [0.717, 1.165) is 0 Å². The number of hydrogen-bond donors (Lipinski definition) is 1. The van der Waals surface area contributed by atoms with Gasteiger partial charge in [-0.3, -0.25) is 4.79 Å². The van der Waals surface area contributed by atoms with E-state index in [0.29, 0.717) is 5.03 Å². The van der Waals surface area contributed by atoms with Crippen LogP contribution in [0.15, 0.2) is 35.9 Å². The molecule has 1 amide bonds. The average molecular weight is 214 g/mol. The fourth-order valence-electron chi connectivity index (χ4n) is 0.917. The summed E-state index contributed by atoms with van der Waals surface area (Å²) in [4.78, 5) is 11.3. The van der Waals surface area contributed by atoms with E-state index < -0.39 is 11.7 Å². The Balaban J connectivity index is 2.70. The zero-order valence-corrected chi connectivity index (χ0v) is 8.14. The number of halogens is 2. The molecule has 0 heterocycles. The Bertz CT molecular complexity index is 365. The molecule has 0 fully saturated rings. The Hall–Kier alpha value is -1.35. The van der Waals surface area contributed by atoms with Crippen molar-refractivity contribution >= 4 is 17.5 Å². The standard InChI is InChI=1S/C10H9ClFNO/c1-7(11)6-13-10(14)8-4-2-3-5-9(8)12/h2-5H,1,6H2,(H,13,14). The van der Waals surface area contributed by atoms with Gasteiger partial charge in [0.25, 0.3) is 5.91 Å². The number of nitrogens with one attached hydrogen (secondary N) is 1. The van der Waals surface area contributed by atoms with Crippen LogP contribution in [0.1, 0.15) is 10.4 Å². The van der Waals surface area contributed by atoms with Crippen LogP contribution in [0.3, 0.4) is 0 Å². The van der Waals surface area contributed by atoms with Crippen molar-refractivity contribution in [2.45, 2.75) is 0 Å². The molecule has 0 unspecified atom stereocenters. The summed E-state index contributed by atoms with van der Waals surface area (Å²) in [7, 11) is 0. The van der Waals surface area contributed by atoms with E-state index in [2.05, 4.69) is 11.9 Å². The van der Waals surface area contributed by atoms with Crippen LogP contribution in [0.4, 0.5) is 4.39 Å². The third kappa shape index (κ3) is 2.85. The summed E-state index contributed by atoms with van der Waals surface area (Å²) in [5, 5.41) is 2.73. The summed E-state index contributed by atoms with van der Waals surface area (Å²) in [6.07, 6.45) is 0. The van der Waals surface area contributed by atoms with Crippen LogP contribution in [-0.4, -0.2) is 12.5 Å². The minimum Gasteiger partial charge on any atom is -0.347 e. The van der Waals surface area contributed by atoms with Crippen molar-refractivity contribution in [2.75, 3.05) is 6.54 Å². The van der Waals surface area contributed by atoms with E-state index in [-0.39, 0.29) is 12.1 Å². The lowest BCUT2D eigenvalue weighted by Crippen LogP contribution is -2.25. The van der Waals surface area contributed by atoms with Crippen LogP contribution < -0.4 is 5.32 Å². The number of rotatable bonds is 3. The van der Waals surface area contributed by atoms with Gasteiger partial charge in [0.05, 0.1) is 12.1 Å². The first-order chi connectivity index (χ1) is 6.61. The van der Waals surface area contributed by atoms with Crippen LogP contribution in [0, 0.1) is 5.82 Å². The molecule has 0 bridgehead atoms. The summed E-state index contributed by atoms with van der Waals surface area (Å²) in [5.41, 5.74) is 0.00502. The minimum absolute atomic E-state index is 0.00502. The first-order valence-electron chi connectivity index (χ1n) is 3.97. The molecule has 0 aliphatic heterocycles. The molecule has 1 rings (SSSR count). The fourth-order valence-corrected chi connectivity index (χ4v) is 0.984. The molecule has 1 aromatic rings. The Morgan fingerprint density at radius 3 is 2.71 bits per heavy atom. The zero-order valence-electron chi connectivity index (χ0n) is 7.39. The summed E-state index contributed by atoms with van der Waals surface area (Å²) >= 11 is 5.45. The number of carbonyl (C=O) groups is 1. The molecule has 0 atom stereocenters. The Kier molecular flexibility index (Phi) is 3.65. The molecule has 0 radical (unpaired) electrons. The molecule has 14 heavy (non-hydrogen) atoms. The van der Waals surface area contributed by atoms with Crippen LogP contribution >= 0.6 is 11.6 Å². The van der Waals surface area contributed by atoms with Gasteiger partial charge in [0.2, 0.25) is 0 Å². The summed E-state index contributed by atoms with van der Waals surface area (Å²) in [6, 6.07) is 5.74. The van der Waals surface area contributed by atoms with E-state index >= 15 is 0 Å². The summed E-state index contributed by atoms with van der Waals surface area (Å²) in [6.45, 7) is 3.53. The van der Waals surface area contributed by atoms with Gasteiger partial charge in [-0.25, -0.2) is 4.39 Å². The third-order valence-corrected chi connectivity index (χ3v) is 1.69. The maximum absolute atomic E-state index is 13.0. The van der Waals surface area contributed by atoms with Crippen molar-refractivity contribution in [3.05, 3.63) is 47.3 Å². The smallest absolute Gasteiger partial charge is 0.254 e. The lowest BCUT2D eigenvalue weighted by Gasteiger charge is -2.04. The third-order valence-electron chi connectivity index (χ3n) is 1.56. The van der Waals surface area contributed by atoms with Gasteiger partial charge in [-0.1, -0.05) is 30.3 Å². The molecule has 1 aromatic carbocycles. The van der Waals surface area contributed by atoms with Gasteiger partial charge in [-0.2, -0.15) is 0 Å². The molecule has 4 heteroatoms. The molecule has 74 valence electrons. The van der Waals surface area contributed by atoms with Crippen molar-refractivity contribution in [3.8, 4) is 0 Å². The van der Waals surface area contributed by atoms with E-state index in [9.17, 15) is 9.18 Å². The second-order valence-corrected chi connectivity index (χ2v) is 3.21. The molecular weight excluding hydrogens is 205 g/mol. The number of carbonyl (C=O) groups excluding carboxylic acids is 1. The Labute approximate surface area is 86.4 Å². The fraction of sp³-hybridized carbons (Fsp3) is 0.100. The minimum atomic E-state index is -0.551. The van der Waals surface area contributed by atoms with E-state index in [4.69, 9.17) is 11.6 Å². The van der Waals surface area contributed by atoms with Crippen molar-refractivity contribution in [1.82, 2.24) is 5.32 Å². The first kappa shape index (κ1) is 10.7. The SMILES string of the molecule is C=C(Cl)CNC(=O)c1ccccc1F. The Morgan fingerprint density at radius 1 is 1.50 bits per heavy atom. The largest absolute Gasteiger partial charge is 0.347 e. The molecule has 0 aliphatic rings. The van der Waals surface area contributed by atoms with Crippen molar-refractivity contribution in [3.63, 3.8) is 0 Å². The molecular formula is C10H9ClFNO. The first-order valence-corrected chi connectivity index (χ1v) is 4.35. The van der Waals surface area contributed by atoms with Gasteiger partial charge in [0.1, 0.15) is 5.82 Å². The Morgan fingerprint density at radius 2 is 2.14 bits per heavy atom. The highest BCUT2D eigenvalue weighted by atomic mass is 35.5. The molecule has 0 aliphatic carbocycles. The van der Waals surface area contributed by atoms with Crippen LogP contribution in [0.2, 0.25) is 0 Å². The molecule has 1 N–H and O–H groups in total. The van der Waals surface area contributed by atoms with Gasteiger partial charge < -0.3 is 5.32 Å². The van der Waals surface area contributed by atoms with Gasteiger partial charge in [-0.15, -0.1) is 0 Å². The number of hydrogen-bond acceptors (Lipinski definition) is 1. The van der Waals surface area contributed by atoms with Crippen LogP contribution in [0.5, 0.6) is 0 Å². The molecule has 0 saturated carbocycles. The highest BCUT2D eigenvalue weighted by Gasteiger charge is 2.09. The normalized spacial score (nSPS) is 9.57. The van der Waals surface area contributed by atoms with Crippen molar-refractivity contribution in [1.29, 1.82) is 0 Å². The number of benzene rings is 1. The van der Waals surface area contributed by atoms with E-state index in [1.54, 1.807) is 6.07 Å². The van der Waals surface area contributed by atoms with Gasteiger partial charge in [0, 0.05) is 5.03 Å². The predicted molar refractivity (Wildman–Crippen MR) is 53.7 cm³/mol. The van der Waals surface area contributed by atoms with Crippen LogP contribution in [-0.2, 0) is 0 Å². The topological polar surface area (TPSA) is 29.1 Å². The lowest BCUT2D eigenvalue weighted by atomic mass is 10.2. The maximum Gasteiger partial charge on any atom is 0.254 e. The molecule has 0 saturated heterocycles. The van der Waals surface area contributed by atoms with Crippen LogP contribution in [0.25, 0.3) is 0 Å². The van der Waals surface area contributed by atoms with Crippen molar-refractivity contribution < 1.29 is 9.18 Å². The second-order valence-electron chi connectivity index (χ2n) is 2.68. The van der Waals surface area contributed by atoms with Gasteiger partial charge in [-0.05, 0) is 12.1 Å². The van der Waals surface area contributed by atoms with Gasteiger partial charge >= 0.3 is 0 Å². The zero-order chi connectivity index (χ0) is 10.6. The summed E-state index contributed by atoms with van der Waals surface area (Å²) in [5.74, 6) is -1.05. The molecule has 0 spiro atoms. The second kappa shape index (κ2) is 4.77. The lowest BCUT2D eigenvalue weighted by molar-refractivity contribution is 0.0953. The molecule has 0 aromatic heterocycles. The average Bonchev–Trinajstić information content (AvgIpc) is 2.15. The number of amides is 1. The highest BCUT2D eigenvalue weighted by molar-refractivity contribution is 6.29. The summed E-state index contributed by atoms with van der Waals surface area (Å²) < 4.78 is 13.0. The van der Waals surface area contributed by atoms with Gasteiger partial charge in [0.15, 0.2) is 0 Å². The predicted octanol–water partition coefficient (Wildman–Crippen LogP) is 2.31. The quantitative estimate of drug-likeness (QED) is 0.820. The monoisotopic (exact) mass is 213 g/mol. The van der Waals surface area contributed by atoms with E-state index in [1.807, 2.05) is 0 Å². The molecule has 2 nitrogen and oxygen atoms in total. The van der Waals surface area contributed by atoms with E-state index in [1.165, 1.54) is 18.2 Å².